The molecule has 0 fully saturated rings. The molecule has 2 atom stereocenters. The van der Waals surface area contributed by atoms with Crippen LogP contribution in [0.15, 0.2) is 60.7 Å². The van der Waals surface area contributed by atoms with Crippen LogP contribution in [0, 0.1) is 11.8 Å². The summed E-state index contributed by atoms with van der Waals surface area (Å²) < 4.78 is 0. The van der Waals surface area contributed by atoms with E-state index in [9.17, 15) is 0 Å². The summed E-state index contributed by atoms with van der Waals surface area (Å²) in [6.45, 7) is 9.31. The van der Waals surface area contributed by atoms with E-state index in [2.05, 4.69) is 88.4 Å². The summed E-state index contributed by atoms with van der Waals surface area (Å²) in [6.07, 6.45) is 10.0. The summed E-state index contributed by atoms with van der Waals surface area (Å²) in [4.78, 5) is 0. The maximum Gasteiger partial charge on any atom is 0.00303 e. The molecule has 2 unspecified atom stereocenters. The van der Waals surface area contributed by atoms with Crippen LogP contribution in [0.3, 0.4) is 0 Å². The normalized spacial score (nSPS) is 20.4. The van der Waals surface area contributed by atoms with Crippen LogP contribution < -0.4 is 0 Å². The largest absolute Gasteiger partial charge is 0.0732 e. The Kier molecular flexibility index (Phi) is 5.58. The molecule has 0 radical (unpaired) electrons. The van der Waals surface area contributed by atoms with E-state index in [1.165, 1.54) is 36.8 Å². The number of hydrogen-bond acceptors (Lipinski definition) is 0. The van der Waals surface area contributed by atoms with Crippen molar-refractivity contribution in [3.63, 3.8) is 0 Å². The minimum atomic E-state index is 0.583. The van der Waals surface area contributed by atoms with Gasteiger partial charge in [-0.25, -0.2) is 0 Å². The lowest BCUT2D eigenvalue weighted by Crippen LogP contribution is -1.98. The second kappa shape index (κ2) is 8.11. The second-order valence-corrected chi connectivity index (χ2v) is 9.54. The third-order valence-electron chi connectivity index (χ3n) is 6.26. The standard InChI is InChI=1S/C28H34/c1-19(2)15-23-17-21(25-9-5-7-11-27(23)25)13-14-22-18-24(16-20(3)4)28-12-8-6-10-26(22)28/h5-12,17-22H,13-16H2,1-4H3. The summed E-state index contributed by atoms with van der Waals surface area (Å²) in [5.74, 6) is 2.59. The third kappa shape index (κ3) is 3.88. The molecule has 2 aliphatic carbocycles. The minimum Gasteiger partial charge on any atom is -0.0732 e. The van der Waals surface area contributed by atoms with Gasteiger partial charge in [-0.3, -0.25) is 0 Å². The molecule has 2 aromatic carbocycles. The van der Waals surface area contributed by atoms with Gasteiger partial charge in [0, 0.05) is 11.8 Å². The molecule has 0 bridgehead atoms. The lowest BCUT2D eigenvalue weighted by Gasteiger charge is -2.15. The van der Waals surface area contributed by atoms with Gasteiger partial charge in [0.15, 0.2) is 0 Å². The highest BCUT2D eigenvalue weighted by Gasteiger charge is 2.27. The van der Waals surface area contributed by atoms with Crippen LogP contribution in [0.1, 0.15) is 87.5 Å². The first kappa shape index (κ1) is 19.2. The fraction of sp³-hybridized carbons (Fsp3) is 0.429. The molecule has 0 aromatic heterocycles. The molecule has 146 valence electrons. The van der Waals surface area contributed by atoms with Crippen molar-refractivity contribution in [3.05, 3.63) is 82.9 Å². The van der Waals surface area contributed by atoms with Crippen molar-refractivity contribution in [1.82, 2.24) is 0 Å². The highest BCUT2D eigenvalue weighted by Crippen LogP contribution is 2.45. The number of fused-ring (bicyclic) bond motifs is 2. The van der Waals surface area contributed by atoms with E-state index in [1.54, 1.807) is 22.3 Å². The van der Waals surface area contributed by atoms with Crippen molar-refractivity contribution < 1.29 is 0 Å². The van der Waals surface area contributed by atoms with Gasteiger partial charge < -0.3 is 0 Å². The molecule has 28 heavy (non-hydrogen) atoms. The lowest BCUT2D eigenvalue weighted by molar-refractivity contribution is 0.639. The third-order valence-corrected chi connectivity index (χ3v) is 6.26. The van der Waals surface area contributed by atoms with Crippen LogP contribution in [-0.4, -0.2) is 0 Å². The van der Waals surface area contributed by atoms with Crippen LogP contribution in [-0.2, 0) is 0 Å². The fourth-order valence-electron chi connectivity index (χ4n) is 5.14. The van der Waals surface area contributed by atoms with Crippen molar-refractivity contribution in [3.8, 4) is 0 Å². The van der Waals surface area contributed by atoms with E-state index >= 15 is 0 Å². The molecule has 0 saturated carbocycles. The maximum absolute atomic E-state index is 2.57. The molecule has 2 aromatic rings. The zero-order chi connectivity index (χ0) is 19.7. The van der Waals surface area contributed by atoms with E-state index < -0.39 is 0 Å². The van der Waals surface area contributed by atoms with Gasteiger partial charge in [0.1, 0.15) is 0 Å². The van der Waals surface area contributed by atoms with Gasteiger partial charge in [-0.05, 0) is 70.9 Å². The van der Waals surface area contributed by atoms with Crippen LogP contribution >= 0.6 is 0 Å². The van der Waals surface area contributed by atoms with Crippen molar-refractivity contribution in [1.29, 1.82) is 0 Å². The first-order valence-corrected chi connectivity index (χ1v) is 11.1. The van der Waals surface area contributed by atoms with E-state index in [1.807, 2.05) is 0 Å². The lowest BCUT2D eigenvalue weighted by atomic mass is 9.89. The van der Waals surface area contributed by atoms with Crippen LogP contribution in [0.2, 0.25) is 0 Å². The van der Waals surface area contributed by atoms with Gasteiger partial charge in [-0.15, -0.1) is 0 Å². The predicted molar refractivity (Wildman–Crippen MR) is 122 cm³/mol. The maximum atomic E-state index is 2.57. The van der Waals surface area contributed by atoms with Gasteiger partial charge in [0.25, 0.3) is 0 Å². The average Bonchev–Trinajstić information content (AvgIpc) is 3.18. The molecule has 0 N–H and O–H groups in total. The Hall–Kier alpha value is -2.08. The van der Waals surface area contributed by atoms with Gasteiger partial charge in [0.05, 0.1) is 0 Å². The highest BCUT2D eigenvalue weighted by atomic mass is 14.3. The van der Waals surface area contributed by atoms with Gasteiger partial charge in [-0.1, -0.05) is 88.4 Å². The summed E-state index contributed by atoms with van der Waals surface area (Å²) in [5.41, 5.74) is 9.25. The number of hydrogen-bond donors (Lipinski definition) is 0. The average molecular weight is 371 g/mol. The fourth-order valence-corrected chi connectivity index (χ4v) is 5.14. The minimum absolute atomic E-state index is 0.583. The molecule has 0 spiro atoms. The molecule has 0 saturated heterocycles. The monoisotopic (exact) mass is 370 g/mol. The SMILES string of the molecule is CC(C)CC1=CC(CCC2C=C(CC(C)C)c3ccccc32)c2ccccc21. The first-order valence-electron chi connectivity index (χ1n) is 11.1. The van der Waals surface area contributed by atoms with Crippen molar-refractivity contribution in [2.75, 3.05) is 0 Å². The summed E-state index contributed by atoms with van der Waals surface area (Å²) in [6, 6.07) is 18.2. The Morgan fingerprint density at radius 3 is 1.39 bits per heavy atom. The Morgan fingerprint density at radius 2 is 1.00 bits per heavy atom. The Balaban J connectivity index is 1.53. The molecule has 4 rings (SSSR count). The quantitative estimate of drug-likeness (QED) is 0.460. The smallest absolute Gasteiger partial charge is 0.00303 e. The van der Waals surface area contributed by atoms with E-state index in [0.29, 0.717) is 23.7 Å². The molecule has 0 heterocycles. The molecular weight excluding hydrogens is 336 g/mol. The van der Waals surface area contributed by atoms with Gasteiger partial charge in [0.2, 0.25) is 0 Å². The van der Waals surface area contributed by atoms with E-state index in [0.717, 1.165) is 0 Å². The van der Waals surface area contributed by atoms with Crippen molar-refractivity contribution in [2.45, 2.75) is 65.2 Å². The zero-order valence-electron chi connectivity index (χ0n) is 17.9. The highest BCUT2D eigenvalue weighted by molar-refractivity contribution is 5.76. The predicted octanol–water partition coefficient (Wildman–Crippen LogP) is 8.22. The van der Waals surface area contributed by atoms with Crippen molar-refractivity contribution in [2.24, 2.45) is 11.8 Å². The molecule has 0 nitrogen and oxygen atoms in total. The van der Waals surface area contributed by atoms with Crippen LogP contribution in [0.5, 0.6) is 0 Å². The summed E-state index contributed by atoms with van der Waals surface area (Å²) in [5, 5.41) is 0. The molecular formula is C28H34. The van der Waals surface area contributed by atoms with Crippen LogP contribution in [0.25, 0.3) is 11.1 Å². The van der Waals surface area contributed by atoms with Gasteiger partial charge in [-0.2, -0.15) is 0 Å². The molecule has 0 heteroatoms. The molecule has 0 aliphatic heterocycles. The number of benzene rings is 2. The van der Waals surface area contributed by atoms with Crippen LogP contribution in [0.4, 0.5) is 0 Å². The summed E-state index contributed by atoms with van der Waals surface area (Å²) in [7, 11) is 0. The number of rotatable bonds is 7. The van der Waals surface area contributed by atoms with Crippen molar-refractivity contribution >= 4 is 11.1 Å². The Labute approximate surface area is 171 Å². The Morgan fingerprint density at radius 1 is 0.607 bits per heavy atom. The van der Waals surface area contributed by atoms with E-state index in [4.69, 9.17) is 0 Å². The topological polar surface area (TPSA) is 0 Å². The summed E-state index contributed by atoms with van der Waals surface area (Å²) >= 11 is 0. The Bertz CT molecular complexity index is 818. The zero-order valence-corrected chi connectivity index (χ0v) is 17.9. The molecule has 2 aliphatic rings. The van der Waals surface area contributed by atoms with Gasteiger partial charge >= 0.3 is 0 Å². The molecule has 0 amide bonds. The number of allylic oxidation sites excluding steroid dienone is 4. The van der Waals surface area contributed by atoms with E-state index in [-0.39, 0.29) is 0 Å². The second-order valence-electron chi connectivity index (χ2n) is 9.54. The first-order chi connectivity index (χ1) is 13.5.